The van der Waals surface area contributed by atoms with Gasteiger partial charge in [0.2, 0.25) is 0 Å². The second kappa shape index (κ2) is 8.52. The van der Waals surface area contributed by atoms with Crippen LogP contribution in [0.1, 0.15) is 29.9 Å². The first kappa shape index (κ1) is 19.4. The molecule has 0 atom stereocenters. The molecular weight excluding hydrogens is 356 g/mol. The van der Waals surface area contributed by atoms with Gasteiger partial charge in [-0.1, -0.05) is 18.2 Å². The van der Waals surface area contributed by atoms with Gasteiger partial charge in [0.1, 0.15) is 5.75 Å². The van der Waals surface area contributed by atoms with Crippen molar-refractivity contribution in [3.8, 4) is 5.75 Å². The van der Waals surface area contributed by atoms with Gasteiger partial charge < -0.3 is 14.8 Å². The Hall–Kier alpha value is -3.41. The van der Waals surface area contributed by atoms with Crippen molar-refractivity contribution in [1.29, 1.82) is 0 Å². The number of fused-ring (bicyclic) bond motifs is 1. The van der Waals surface area contributed by atoms with Gasteiger partial charge in [0, 0.05) is 11.1 Å². The van der Waals surface area contributed by atoms with Crippen LogP contribution in [0, 0.1) is 6.92 Å². The number of aromatic nitrogens is 1. The number of para-hydroxylation sites is 1. The number of benzene rings is 2. The lowest BCUT2D eigenvalue weighted by Crippen LogP contribution is -2.20. The number of anilines is 1. The lowest BCUT2D eigenvalue weighted by molar-refractivity contribution is -0.118. The fourth-order valence-electron chi connectivity index (χ4n) is 2.72. The number of nitrogens with one attached hydrogen (secondary N) is 1. The number of carbonyl (C=O) groups is 2. The molecule has 0 spiro atoms. The molecule has 6 nitrogen and oxygen atoms in total. The highest BCUT2D eigenvalue weighted by molar-refractivity contribution is 6.04. The van der Waals surface area contributed by atoms with Crippen molar-refractivity contribution in [1.82, 2.24) is 4.98 Å². The molecule has 0 fully saturated rings. The fourth-order valence-corrected chi connectivity index (χ4v) is 2.72. The lowest BCUT2D eigenvalue weighted by atomic mass is 10.1. The number of esters is 1. The van der Waals surface area contributed by atoms with E-state index in [4.69, 9.17) is 9.47 Å². The maximum Gasteiger partial charge on any atom is 0.338 e. The van der Waals surface area contributed by atoms with E-state index in [0.29, 0.717) is 27.9 Å². The zero-order valence-corrected chi connectivity index (χ0v) is 16.1. The van der Waals surface area contributed by atoms with Crippen LogP contribution in [0.25, 0.3) is 10.9 Å². The van der Waals surface area contributed by atoms with E-state index in [0.717, 1.165) is 5.69 Å². The Kier molecular flexibility index (Phi) is 5.89. The van der Waals surface area contributed by atoms with Crippen LogP contribution in [-0.4, -0.2) is 29.6 Å². The molecule has 2 aromatic carbocycles. The summed E-state index contributed by atoms with van der Waals surface area (Å²) in [5.74, 6) is -0.0970. The Bertz CT molecular complexity index is 1000. The third kappa shape index (κ3) is 4.85. The second-order valence-corrected chi connectivity index (χ2v) is 6.65. The van der Waals surface area contributed by atoms with E-state index in [9.17, 15) is 9.59 Å². The van der Waals surface area contributed by atoms with Gasteiger partial charge in [0.25, 0.3) is 5.91 Å². The monoisotopic (exact) mass is 378 g/mol. The Labute approximate surface area is 163 Å². The number of hydrogen-bond donors (Lipinski definition) is 1. The molecule has 0 aliphatic rings. The van der Waals surface area contributed by atoms with E-state index in [1.54, 1.807) is 50.2 Å². The van der Waals surface area contributed by atoms with Crippen LogP contribution >= 0.6 is 0 Å². The maximum absolute atomic E-state index is 12.4. The zero-order chi connectivity index (χ0) is 20.1. The predicted octanol–water partition coefficient (Wildman–Crippen LogP) is 4.13. The van der Waals surface area contributed by atoms with Crippen LogP contribution in [0.2, 0.25) is 0 Å². The van der Waals surface area contributed by atoms with Crippen LogP contribution in [0.5, 0.6) is 5.75 Å². The Balaban J connectivity index is 1.82. The SMILES string of the molecule is Cc1cc(NC(=O)COc2ccccc2)c2cc(C(=O)OC(C)C)ccc2n1. The fraction of sp³-hybridized carbons (Fsp3) is 0.227. The minimum absolute atomic E-state index is 0.123. The van der Waals surface area contributed by atoms with E-state index < -0.39 is 5.97 Å². The van der Waals surface area contributed by atoms with Gasteiger partial charge in [0.05, 0.1) is 22.9 Å². The molecular formula is C22H22N2O4. The summed E-state index contributed by atoms with van der Waals surface area (Å²) in [6.45, 7) is 5.31. The predicted molar refractivity (Wildman–Crippen MR) is 108 cm³/mol. The smallest absolute Gasteiger partial charge is 0.338 e. The Morgan fingerprint density at radius 3 is 2.54 bits per heavy atom. The van der Waals surface area contributed by atoms with Gasteiger partial charge in [0.15, 0.2) is 6.61 Å². The molecule has 6 heteroatoms. The van der Waals surface area contributed by atoms with E-state index in [1.807, 2.05) is 25.1 Å². The summed E-state index contributed by atoms with van der Waals surface area (Å²) < 4.78 is 10.7. The molecule has 1 heterocycles. The number of carbonyl (C=O) groups excluding carboxylic acids is 2. The van der Waals surface area contributed by atoms with Gasteiger partial charge in [-0.15, -0.1) is 0 Å². The van der Waals surface area contributed by atoms with E-state index >= 15 is 0 Å². The highest BCUT2D eigenvalue weighted by atomic mass is 16.5. The molecule has 0 radical (unpaired) electrons. The minimum Gasteiger partial charge on any atom is -0.484 e. The first-order valence-electron chi connectivity index (χ1n) is 9.02. The molecule has 1 aromatic heterocycles. The van der Waals surface area contributed by atoms with Crippen molar-refractivity contribution in [2.45, 2.75) is 26.9 Å². The largest absolute Gasteiger partial charge is 0.484 e. The van der Waals surface area contributed by atoms with Crippen LogP contribution < -0.4 is 10.1 Å². The summed E-state index contributed by atoms with van der Waals surface area (Å²) >= 11 is 0. The normalized spacial score (nSPS) is 10.7. The molecule has 1 amide bonds. The van der Waals surface area contributed by atoms with Crippen molar-refractivity contribution in [3.63, 3.8) is 0 Å². The average molecular weight is 378 g/mol. The zero-order valence-electron chi connectivity index (χ0n) is 16.1. The minimum atomic E-state index is -0.415. The molecule has 3 rings (SSSR count). The third-order valence-electron chi connectivity index (χ3n) is 3.90. The molecule has 0 bridgehead atoms. The number of pyridine rings is 1. The third-order valence-corrected chi connectivity index (χ3v) is 3.90. The number of ether oxygens (including phenoxy) is 2. The van der Waals surface area contributed by atoms with E-state index in [1.165, 1.54) is 0 Å². The number of nitrogens with zero attached hydrogens (tertiary/aromatic N) is 1. The van der Waals surface area contributed by atoms with Gasteiger partial charge >= 0.3 is 5.97 Å². The van der Waals surface area contributed by atoms with E-state index in [2.05, 4.69) is 10.3 Å². The molecule has 144 valence electrons. The first-order valence-corrected chi connectivity index (χ1v) is 9.02. The van der Waals surface area contributed by atoms with Crippen LogP contribution in [-0.2, 0) is 9.53 Å². The number of hydrogen-bond acceptors (Lipinski definition) is 5. The molecule has 0 saturated carbocycles. The Morgan fingerprint density at radius 2 is 1.82 bits per heavy atom. The quantitative estimate of drug-likeness (QED) is 0.653. The molecule has 0 saturated heterocycles. The van der Waals surface area contributed by atoms with E-state index in [-0.39, 0.29) is 18.6 Å². The van der Waals surface area contributed by atoms with Crippen molar-refractivity contribution in [2.75, 3.05) is 11.9 Å². The molecule has 0 unspecified atom stereocenters. The van der Waals surface area contributed by atoms with Crippen molar-refractivity contribution in [3.05, 3.63) is 65.9 Å². The van der Waals surface area contributed by atoms with Crippen LogP contribution in [0.3, 0.4) is 0 Å². The number of amides is 1. The summed E-state index contributed by atoms with van der Waals surface area (Å²) in [5.41, 5.74) is 2.41. The number of rotatable bonds is 6. The van der Waals surface area contributed by atoms with Crippen LogP contribution in [0.15, 0.2) is 54.6 Å². The highest BCUT2D eigenvalue weighted by Gasteiger charge is 2.14. The summed E-state index contributed by atoms with van der Waals surface area (Å²) in [5, 5.41) is 3.51. The van der Waals surface area contributed by atoms with Gasteiger partial charge in [-0.3, -0.25) is 9.78 Å². The first-order chi connectivity index (χ1) is 13.4. The van der Waals surface area contributed by atoms with Crippen molar-refractivity contribution < 1.29 is 19.1 Å². The molecule has 1 N–H and O–H groups in total. The maximum atomic E-state index is 12.4. The van der Waals surface area contributed by atoms with Crippen molar-refractivity contribution in [2.24, 2.45) is 0 Å². The summed E-state index contributed by atoms with van der Waals surface area (Å²) in [6, 6.07) is 16.0. The Morgan fingerprint density at radius 1 is 1.07 bits per heavy atom. The van der Waals surface area contributed by atoms with Gasteiger partial charge in [-0.2, -0.15) is 0 Å². The lowest BCUT2D eigenvalue weighted by Gasteiger charge is -2.12. The molecule has 28 heavy (non-hydrogen) atoms. The molecule has 0 aliphatic carbocycles. The summed E-state index contributed by atoms with van der Waals surface area (Å²) in [7, 11) is 0. The molecule has 3 aromatic rings. The highest BCUT2D eigenvalue weighted by Crippen LogP contribution is 2.25. The van der Waals surface area contributed by atoms with Crippen LogP contribution in [0.4, 0.5) is 5.69 Å². The summed E-state index contributed by atoms with van der Waals surface area (Å²) in [4.78, 5) is 29.0. The second-order valence-electron chi connectivity index (χ2n) is 6.65. The van der Waals surface area contributed by atoms with Gasteiger partial charge in [-0.25, -0.2) is 4.79 Å². The topological polar surface area (TPSA) is 77.5 Å². The standard InChI is InChI=1S/C22H22N2O4/c1-14(2)28-22(26)16-9-10-19-18(12-16)20(11-15(3)23-19)24-21(25)13-27-17-7-5-4-6-8-17/h4-12,14H,13H2,1-3H3,(H,23,24,25). The summed E-state index contributed by atoms with van der Waals surface area (Å²) in [6.07, 6.45) is -0.214. The average Bonchev–Trinajstić information content (AvgIpc) is 2.66. The molecule has 0 aliphatic heterocycles. The van der Waals surface area contributed by atoms with Gasteiger partial charge in [-0.05, 0) is 57.2 Å². The number of aryl methyl sites for hydroxylation is 1. The van der Waals surface area contributed by atoms with Crippen molar-refractivity contribution >= 4 is 28.5 Å².